The summed E-state index contributed by atoms with van der Waals surface area (Å²) in [6.45, 7) is 0. The molecule has 0 bridgehead atoms. The number of furan rings is 1. The molecule has 0 atom stereocenters. The summed E-state index contributed by atoms with van der Waals surface area (Å²) >= 11 is 0. The van der Waals surface area contributed by atoms with Crippen molar-refractivity contribution >= 4 is 30.0 Å². The number of nitrogens with two attached hydrogens (primary N) is 2. The van der Waals surface area contributed by atoms with Gasteiger partial charge in [-0.3, -0.25) is 5.10 Å². The van der Waals surface area contributed by atoms with Crippen molar-refractivity contribution in [2.24, 2.45) is 21.5 Å². The molecule has 3 rings (SSSR count). The lowest BCUT2D eigenvalue weighted by molar-refractivity contribution is 0.580. The minimum absolute atomic E-state index is 0.0653. The number of guanidine groups is 1. The van der Waals surface area contributed by atoms with Gasteiger partial charge >= 0.3 is 0 Å². The molecule has 0 fully saturated rings. The van der Waals surface area contributed by atoms with Gasteiger partial charge in [0, 0.05) is 6.07 Å². The van der Waals surface area contributed by atoms with Crippen LogP contribution >= 0.6 is 0 Å². The molecule has 0 aliphatic heterocycles. The van der Waals surface area contributed by atoms with Gasteiger partial charge in [0.2, 0.25) is 11.9 Å². The first-order valence-corrected chi connectivity index (χ1v) is 6.38. The second-order valence-electron chi connectivity index (χ2n) is 4.13. The number of aliphatic imine (C=N–C) groups is 2. The Hall–Kier alpha value is -3.76. The molecule has 3 heterocycles. The van der Waals surface area contributed by atoms with Gasteiger partial charge in [-0.05, 0) is 12.1 Å². The molecule has 0 aliphatic rings. The molecule has 6 N–H and O–H groups in total. The molecular formula is C12H12N10O. The van der Waals surface area contributed by atoms with E-state index in [1.54, 1.807) is 18.4 Å². The Bertz CT molecular complexity index is 835. The number of aromatic amines is 1. The number of H-pyrrole nitrogens is 1. The minimum atomic E-state index is -0.0653. The molecule has 0 aliphatic carbocycles. The zero-order valence-corrected chi connectivity index (χ0v) is 11.7. The lowest BCUT2D eigenvalue weighted by Gasteiger charge is -2.00. The van der Waals surface area contributed by atoms with Crippen LogP contribution in [0.25, 0.3) is 11.5 Å². The van der Waals surface area contributed by atoms with Crippen LogP contribution in [0.1, 0.15) is 0 Å². The first-order valence-electron chi connectivity index (χ1n) is 6.38. The predicted molar refractivity (Wildman–Crippen MR) is 83.4 cm³/mol. The Morgan fingerprint density at radius 3 is 3.09 bits per heavy atom. The Balaban J connectivity index is 1.77. The Morgan fingerprint density at radius 1 is 1.39 bits per heavy atom. The van der Waals surface area contributed by atoms with Gasteiger partial charge in [0.1, 0.15) is 12.0 Å². The van der Waals surface area contributed by atoms with E-state index in [9.17, 15) is 0 Å². The highest BCUT2D eigenvalue weighted by atomic mass is 16.3. The fraction of sp³-hybridized carbons (Fsp3) is 0. The van der Waals surface area contributed by atoms with Crippen LogP contribution in [0.5, 0.6) is 0 Å². The van der Waals surface area contributed by atoms with Crippen LogP contribution in [-0.2, 0) is 0 Å². The molecule has 0 saturated carbocycles. The number of anilines is 2. The molecule has 0 saturated heterocycles. The van der Waals surface area contributed by atoms with Crippen molar-refractivity contribution in [1.82, 2.24) is 25.1 Å². The smallest absolute Gasteiger partial charge is 0.257 e. The van der Waals surface area contributed by atoms with E-state index in [0.717, 1.165) is 6.34 Å². The zero-order valence-electron chi connectivity index (χ0n) is 11.7. The van der Waals surface area contributed by atoms with Crippen molar-refractivity contribution < 1.29 is 4.42 Å². The fourth-order valence-corrected chi connectivity index (χ4v) is 1.67. The van der Waals surface area contributed by atoms with Gasteiger partial charge in [-0.15, -0.1) is 0 Å². The van der Waals surface area contributed by atoms with Crippen LogP contribution in [0.2, 0.25) is 0 Å². The van der Waals surface area contributed by atoms with E-state index >= 15 is 0 Å². The van der Waals surface area contributed by atoms with Gasteiger partial charge in [-0.25, -0.2) is 9.98 Å². The first-order chi connectivity index (χ1) is 11.2. The van der Waals surface area contributed by atoms with E-state index < -0.39 is 0 Å². The van der Waals surface area contributed by atoms with Crippen molar-refractivity contribution in [3.05, 3.63) is 30.8 Å². The van der Waals surface area contributed by atoms with Gasteiger partial charge in [0.05, 0.1) is 12.6 Å². The van der Waals surface area contributed by atoms with Crippen LogP contribution < -0.4 is 16.8 Å². The molecule has 11 heteroatoms. The molecule has 116 valence electrons. The van der Waals surface area contributed by atoms with E-state index in [2.05, 4.69) is 40.5 Å². The third-order valence-corrected chi connectivity index (χ3v) is 2.58. The average Bonchev–Trinajstić information content (AvgIpc) is 3.18. The molecule has 3 aromatic heterocycles. The highest BCUT2D eigenvalue weighted by Crippen LogP contribution is 2.21. The number of hydrogen-bond acceptors (Lipinski definition) is 7. The van der Waals surface area contributed by atoms with E-state index in [-0.39, 0.29) is 17.9 Å². The van der Waals surface area contributed by atoms with Crippen LogP contribution in [0.3, 0.4) is 0 Å². The number of aromatic nitrogens is 5. The maximum atomic E-state index is 5.50. The minimum Gasteiger partial charge on any atom is -0.463 e. The van der Waals surface area contributed by atoms with Crippen LogP contribution in [0.4, 0.5) is 17.7 Å². The Kier molecular flexibility index (Phi) is 3.91. The molecule has 0 aromatic carbocycles. The van der Waals surface area contributed by atoms with Crippen LogP contribution in [-0.4, -0.2) is 37.4 Å². The largest absolute Gasteiger partial charge is 0.463 e. The molecule has 0 amide bonds. The van der Waals surface area contributed by atoms with Gasteiger partial charge in [-0.2, -0.15) is 20.1 Å². The van der Waals surface area contributed by atoms with E-state index in [4.69, 9.17) is 15.9 Å². The zero-order chi connectivity index (χ0) is 16.1. The molecule has 0 radical (unpaired) electrons. The maximum Gasteiger partial charge on any atom is 0.257 e. The number of nitrogens with zero attached hydrogens (tertiary/aromatic N) is 6. The summed E-state index contributed by atoms with van der Waals surface area (Å²) in [5.41, 5.74) is 11.3. The fourth-order valence-electron chi connectivity index (χ4n) is 1.67. The molecule has 0 unspecified atom stereocenters. The molecule has 11 nitrogen and oxygen atoms in total. The summed E-state index contributed by atoms with van der Waals surface area (Å²) in [4.78, 5) is 19.4. The SMILES string of the molecule is N/C=N\C(N)=N/c1ncnc(Nc2cc(-c3ccco3)[nH]n2)n1. The molecule has 23 heavy (non-hydrogen) atoms. The van der Waals surface area contributed by atoms with Crippen molar-refractivity contribution in [2.75, 3.05) is 5.32 Å². The summed E-state index contributed by atoms with van der Waals surface area (Å²) in [5, 5.41) is 9.84. The van der Waals surface area contributed by atoms with Crippen molar-refractivity contribution in [3.8, 4) is 11.5 Å². The van der Waals surface area contributed by atoms with Gasteiger partial charge in [0.15, 0.2) is 11.6 Å². The summed E-state index contributed by atoms with van der Waals surface area (Å²) in [6, 6.07) is 5.35. The Labute approximate surface area is 129 Å². The maximum absolute atomic E-state index is 5.50. The summed E-state index contributed by atoms with van der Waals surface area (Å²) < 4.78 is 5.27. The standard InChI is InChI=1S/C12H12N10O/c13-5-15-10(14)19-12-17-6-16-11(20-12)18-9-4-7(21-22-9)8-2-1-3-23-8/h1-6H,(H6,13,14,15,16,17,18,19,20,21,22). The number of hydrogen-bond donors (Lipinski definition) is 4. The third kappa shape index (κ3) is 3.47. The topological polar surface area (TPSA) is 169 Å². The van der Waals surface area contributed by atoms with Gasteiger partial charge in [-0.1, -0.05) is 0 Å². The van der Waals surface area contributed by atoms with Crippen molar-refractivity contribution in [3.63, 3.8) is 0 Å². The monoisotopic (exact) mass is 312 g/mol. The number of rotatable bonds is 4. The first kappa shape index (κ1) is 14.2. The summed E-state index contributed by atoms with van der Waals surface area (Å²) in [7, 11) is 0. The highest BCUT2D eigenvalue weighted by molar-refractivity contribution is 5.86. The normalized spacial score (nSPS) is 11.9. The van der Waals surface area contributed by atoms with Crippen LogP contribution in [0, 0.1) is 0 Å². The lowest BCUT2D eigenvalue weighted by atomic mass is 10.3. The van der Waals surface area contributed by atoms with Gasteiger partial charge in [0.25, 0.3) is 5.95 Å². The quantitative estimate of drug-likeness (QED) is 0.399. The third-order valence-electron chi connectivity index (χ3n) is 2.58. The summed E-state index contributed by atoms with van der Waals surface area (Å²) in [6.07, 6.45) is 3.89. The Morgan fingerprint density at radius 2 is 2.30 bits per heavy atom. The van der Waals surface area contributed by atoms with Crippen molar-refractivity contribution in [1.29, 1.82) is 0 Å². The summed E-state index contributed by atoms with van der Waals surface area (Å²) in [5.74, 6) is 1.45. The van der Waals surface area contributed by atoms with Crippen LogP contribution in [0.15, 0.2) is 45.2 Å². The van der Waals surface area contributed by atoms with E-state index in [1.165, 1.54) is 6.33 Å². The average molecular weight is 312 g/mol. The molecular weight excluding hydrogens is 300 g/mol. The van der Waals surface area contributed by atoms with Crippen molar-refractivity contribution in [2.45, 2.75) is 0 Å². The van der Waals surface area contributed by atoms with E-state index in [1.807, 2.05) is 6.07 Å². The molecule has 0 spiro atoms. The second kappa shape index (κ2) is 6.34. The lowest BCUT2D eigenvalue weighted by Crippen LogP contribution is -2.10. The van der Waals surface area contributed by atoms with E-state index in [0.29, 0.717) is 17.3 Å². The molecule has 3 aromatic rings. The highest BCUT2D eigenvalue weighted by Gasteiger charge is 2.07. The predicted octanol–water partition coefficient (Wildman–Crippen LogP) is 0.531. The van der Waals surface area contributed by atoms with Gasteiger partial charge < -0.3 is 21.2 Å². The number of nitrogens with one attached hydrogen (secondary N) is 2. The second-order valence-corrected chi connectivity index (χ2v) is 4.13.